The van der Waals surface area contributed by atoms with Gasteiger partial charge >= 0.3 is 0 Å². The maximum Gasteiger partial charge on any atom is 0.253 e. The molecule has 0 saturated heterocycles. The number of halogens is 2. The van der Waals surface area contributed by atoms with Crippen LogP contribution >= 0.6 is 46.3 Å². The van der Waals surface area contributed by atoms with Gasteiger partial charge in [0.2, 0.25) is 5.91 Å². The first-order valence-corrected chi connectivity index (χ1v) is 14.9. The lowest BCUT2D eigenvalue weighted by molar-refractivity contribution is -0.113. The Hall–Kier alpha value is -2.58. The van der Waals surface area contributed by atoms with E-state index in [1.54, 1.807) is 16.7 Å². The number of fused-ring (bicyclic) bond motifs is 1. The zero-order valence-corrected chi connectivity index (χ0v) is 24.5. The van der Waals surface area contributed by atoms with Gasteiger partial charge in [-0.1, -0.05) is 48.8 Å². The van der Waals surface area contributed by atoms with Gasteiger partial charge < -0.3 is 15.2 Å². The van der Waals surface area contributed by atoms with Crippen LogP contribution in [0.2, 0.25) is 10.0 Å². The monoisotopic (exact) mass is 590 g/mol. The number of benzene rings is 1. The summed E-state index contributed by atoms with van der Waals surface area (Å²) < 4.78 is 1.79. The van der Waals surface area contributed by atoms with E-state index in [0.29, 0.717) is 38.6 Å². The third kappa shape index (κ3) is 6.52. The van der Waals surface area contributed by atoms with Gasteiger partial charge in [-0.2, -0.15) is 5.26 Å². The molecule has 0 fully saturated rings. The van der Waals surface area contributed by atoms with Gasteiger partial charge in [-0.05, 0) is 61.8 Å². The minimum Gasteiger partial charge on any atom is -0.342 e. The summed E-state index contributed by atoms with van der Waals surface area (Å²) in [5.74, 6) is 0.421. The van der Waals surface area contributed by atoms with Crippen LogP contribution in [-0.2, 0) is 24.7 Å². The van der Waals surface area contributed by atoms with E-state index in [0.717, 1.165) is 31.2 Å². The summed E-state index contributed by atoms with van der Waals surface area (Å²) in [7, 11) is 1.81. The molecular formula is C26H28Cl2N6O2S2. The zero-order valence-electron chi connectivity index (χ0n) is 21.3. The molecule has 0 radical (unpaired) electrons. The number of nitriles is 1. The molecule has 0 unspecified atom stereocenters. The summed E-state index contributed by atoms with van der Waals surface area (Å²) in [5, 5.41) is 26.1. The summed E-state index contributed by atoms with van der Waals surface area (Å²) in [6, 6.07) is 6.59. The lowest BCUT2D eigenvalue weighted by atomic mass is 9.96. The molecule has 200 valence electrons. The van der Waals surface area contributed by atoms with Crippen molar-refractivity contribution in [3.63, 3.8) is 0 Å². The zero-order chi connectivity index (χ0) is 27.4. The van der Waals surface area contributed by atoms with Gasteiger partial charge in [0.05, 0.1) is 27.9 Å². The molecule has 0 saturated carbocycles. The molecule has 2 heterocycles. The molecular weight excluding hydrogens is 563 g/mol. The maximum absolute atomic E-state index is 13.0. The lowest BCUT2D eigenvalue weighted by Crippen LogP contribution is -2.31. The fraction of sp³-hybridized carbons (Fsp3) is 0.423. The molecule has 1 aliphatic rings. The number of carbonyl (C=O) groups is 2. The minimum absolute atomic E-state index is 0.112. The number of carbonyl (C=O) groups excluding carboxylic acids is 2. The van der Waals surface area contributed by atoms with E-state index < -0.39 is 6.04 Å². The van der Waals surface area contributed by atoms with Crippen molar-refractivity contribution in [3.8, 4) is 6.07 Å². The molecule has 2 amide bonds. The van der Waals surface area contributed by atoms with Crippen molar-refractivity contribution in [2.24, 2.45) is 13.0 Å². The van der Waals surface area contributed by atoms with Gasteiger partial charge in [-0.3, -0.25) is 9.59 Å². The van der Waals surface area contributed by atoms with Crippen LogP contribution in [0.3, 0.4) is 0 Å². The highest BCUT2D eigenvalue weighted by Crippen LogP contribution is 2.37. The first kappa shape index (κ1) is 28.4. The molecule has 38 heavy (non-hydrogen) atoms. The van der Waals surface area contributed by atoms with Crippen molar-refractivity contribution in [2.75, 3.05) is 11.1 Å². The van der Waals surface area contributed by atoms with Crippen molar-refractivity contribution in [1.82, 2.24) is 20.1 Å². The predicted octanol–water partition coefficient (Wildman–Crippen LogP) is 6.18. The van der Waals surface area contributed by atoms with Gasteiger partial charge in [-0.15, -0.1) is 21.5 Å². The van der Waals surface area contributed by atoms with Crippen LogP contribution in [0.5, 0.6) is 0 Å². The van der Waals surface area contributed by atoms with Gasteiger partial charge in [0, 0.05) is 16.9 Å². The summed E-state index contributed by atoms with van der Waals surface area (Å²) in [4.78, 5) is 27.0. The number of anilines is 1. The molecule has 1 aromatic carbocycles. The number of amides is 2. The fourth-order valence-corrected chi connectivity index (χ4v) is 6.90. The third-order valence-corrected chi connectivity index (χ3v) is 9.01. The average molecular weight is 592 g/mol. The van der Waals surface area contributed by atoms with E-state index in [1.165, 1.54) is 34.0 Å². The Balaban J connectivity index is 1.44. The van der Waals surface area contributed by atoms with E-state index in [9.17, 15) is 14.9 Å². The van der Waals surface area contributed by atoms with Crippen molar-refractivity contribution in [3.05, 3.63) is 55.6 Å². The third-order valence-electron chi connectivity index (χ3n) is 6.24. The number of hydrogen-bond donors (Lipinski definition) is 2. The van der Waals surface area contributed by atoms with E-state index in [1.807, 2.05) is 7.05 Å². The van der Waals surface area contributed by atoms with Crippen LogP contribution in [0, 0.1) is 17.2 Å². The molecule has 2 aromatic heterocycles. The fourth-order valence-electron chi connectivity index (χ4n) is 4.43. The maximum atomic E-state index is 13.0. The predicted molar refractivity (Wildman–Crippen MR) is 152 cm³/mol. The number of aryl methyl sites for hydroxylation is 1. The number of rotatable bonds is 9. The quantitative estimate of drug-likeness (QED) is 0.288. The SMILES string of the molecule is CC(C)C[C@H](NC(=O)c1ccc(Cl)cc1Cl)c1nnc(SCC(=O)Nc2sc3c(c2C#N)CCCC3)n1C. The highest BCUT2D eigenvalue weighted by molar-refractivity contribution is 7.99. The van der Waals surface area contributed by atoms with Crippen molar-refractivity contribution < 1.29 is 9.59 Å². The number of thiophene rings is 1. The van der Waals surface area contributed by atoms with Crippen molar-refractivity contribution in [2.45, 2.75) is 57.1 Å². The summed E-state index contributed by atoms with van der Waals surface area (Å²) >= 11 is 15.0. The number of nitrogens with one attached hydrogen (secondary N) is 2. The summed E-state index contributed by atoms with van der Waals surface area (Å²) in [6.07, 6.45) is 4.66. The van der Waals surface area contributed by atoms with E-state index >= 15 is 0 Å². The number of aromatic nitrogens is 3. The standard InChI is InChI=1S/C26H28Cl2N6O2S2/c1-14(2)10-20(30-24(36)17-9-8-15(27)11-19(17)28)23-32-33-26(34(23)3)37-13-22(35)31-25-18(12-29)16-6-4-5-7-21(16)38-25/h8-9,11,14,20H,4-7,10,13H2,1-3H3,(H,30,36)(H,31,35)/t20-/m0/s1. The van der Waals surface area contributed by atoms with Crippen molar-refractivity contribution >= 4 is 63.1 Å². The van der Waals surface area contributed by atoms with Gasteiger partial charge in [0.15, 0.2) is 11.0 Å². The minimum atomic E-state index is -0.412. The second-order valence-electron chi connectivity index (χ2n) is 9.54. The molecule has 0 spiro atoms. The molecule has 0 bridgehead atoms. The number of nitrogens with zero attached hydrogens (tertiary/aromatic N) is 4. The van der Waals surface area contributed by atoms with E-state index in [4.69, 9.17) is 23.2 Å². The highest BCUT2D eigenvalue weighted by Gasteiger charge is 2.25. The largest absolute Gasteiger partial charge is 0.342 e. The molecule has 8 nitrogen and oxygen atoms in total. The van der Waals surface area contributed by atoms with Crippen LogP contribution in [0.4, 0.5) is 5.00 Å². The Morgan fingerprint density at radius 2 is 2.00 bits per heavy atom. The van der Waals surface area contributed by atoms with E-state index in [-0.39, 0.29) is 28.5 Å². The van der Waals surface area contributed by atoms with Crippen LogP contribution in [0.15, 0.2) is 23.4 Å². The molecule has 2 N–H and O–H groups in total. The highest BCUT2D eigenvalue weighted by atomic mass is 35.5. The molecule has 0 aliphatic heterocycles. The van der Waals surface area contributed by atoms with Crippen LogP contribution in [0.1, 0.15) is 71.3 Å². The Morgan fingerprint density at radius 3 is 2.71 bits per heavy atom. The Bertz CT molecular complexity index is 1400. The molecule has 1 atom stereocenters. The Labute approximate surface area is 240 Å². The molecule has 12 heteroatoms. The first-order valence-electron chi connectivity index (χ1n) is 12.3. The molecule has 4 rings (SSSR count). The normalized spacial score (nSPS) is 13.6. The molecule has 3 aromatic rings. The van der Waals surface area contributed by atoms with Gasteiger partial charge in [-0.25, -0.2) is 0 Å². The smallest absolute Gasteiger partial charge is 0.253 e. The van der Waals surface area contributed by atoms with Gasteiger partial charge in [0.25, 0.3) is 5.91 Å². The first-order chi connectivity index (χ1) is 18.2. The Kier molecular flexibility index (Phi) is 9.36. The summed E-state index contributed by atoms with van der Waals surface area (Å²) in [6.45, 7) is 4.12. The topological polar surface area (TPSA) is 113 Å². The second kappa shape index (κ2) is 12.5. The number of thioether (sulfide) groups is 1. The van der Waals surface area contributed by atoms with Crippen LogP contribution in [-0.4, -0.2) is 32.3 Å². The second-order valence-corrected chi connectivity index (χ2v) is 12.4. The molecule has 1 aliphatic carbocycles. The van der Waals surface area contributed by atoms with Crippen LogP contribution in [0.25, 0.3) is 0 Å². The lowest BCUT2D eigenvalue weighted by Gasteiger charge is -2.20. The average Bonchev–Trinajstić information content (AvgIpc) is 3.41. The van der Waals surface area contributed by atoms with Crippen LogP contribution < -0.4 is 10.6 Å². The van der Waals surface area contributed by atoms with Gasteiger partial charge in [0.1, 0.15) is 11.1 Å². The summed E-state index contributed by atoms with van der Waals surface area (Å²) in [5.41, 5.74) is 2.00. The van der Waals surface area contributed by atoms with Crippen molar-refractivity contribution in [1.29, 1.82) is 5.26 Å². The van der Waals surface area contributed by atoms with E-state index in [2.05, 4.69) is 40.7 Å². The number of hydrogen-bond acceptors (Lipinski definition) is 7. The Morgan fingerprint density at radius 1 is 1.24 bits per heavy atom.